The molecular weight excluding hydrogens is 240 g/mol. The summed E-state index contributed by atoms with van der Waals surface area (Å²) < 4.78 is 1.60. The van der Waals surface area contributed by atoms with E-state index in [-0.39, 0.29) is 19.6 Å². The molecule has 2 amide bonds. The lowest BCUT2D eigenvalue weighted by atomic mass is 10.2. The summed E-state index contributed by atoms with van der Waals surface area (Å²) in [7, 11) is 1.76. The van der Waals surface area contributed by atoms with Gasteiger partial charge in [-0.1, -0.05) is 0 Å². The minimum Gasteiger partial charge on any atom is -0.480 e. The molecule has 0 unspecified atom stereocenters. The van der Waals surface area contributed by atoms with Crippen LogP contribution in [0.5, 0.6) is 0 Å². The molecule has 100 valence electrons. The Morgan fingerprint density at radius 3 is 2.78 bits per heavy atom. The van der Waals surface area contributed by atoms with Crippen molar-refractivity contribution in [2.75, 3.05) is 6.61 Å². The molecule has 0 radical (unpaired) electrons. The van der Waals surface area contributed by atoms with Crippen LogP contribution < -0.4 is 10.6 Å². The third-order valence-corrected chi connectivity index (χ3v) is 2.23. The van der Waals surface area contributed by atoms with E-state index in [1.54, 1.807) is 24.1 Å². The zero-order chi connectivity index (χ0) is 13.5. The van der Waals surface area contributed by atoms with Crippen LogP contribution in [0.2, 0.25) is 0 Å². The molecule has 8 heteroatoms. The highest BCUT2D eigenvalue weighted by molar-refractivity contribution is 5.82. The Morgan fingerprint density at radius 1 is 1.56 bits per heavy atom. The molecule has 1 aromatic rings. The molecule has 8 nitrogen and oxygen atoms in total. The zero-order valence-corrected chi connectivity index (χ0v) is 9.96. The number of amides is 2. The molecule has 0 saturated carbocycles. The van der Waals surface area contributed by atoms with Crippen LogP contribution in [0.3, 0.4) is 0 Å². The first-order valence-corrected chi connectivity index (χ1v) is 5.38. The van der Waals surface area contributed by atoms with Gasteiger partial charge in [0.1, 0.15) is 6.04 Å². The van der Waals surface area contributed by atoms with E-state index in [9.17, 15) is 9.59 Å². The lowest BCUT2D eigenvalue weighted by molar-refractivity contribution is -0.139. The average Bonchev–Trinajstić information content (AvgIpc) is 2.72. The third-order valence-electron chi connectivity index (χ3n) is 2.23. The van der Waals surface area contributed by atoms with Gasteiger partial charge in [-0.25, -0.2) is 9.59 Å². The quantitative estimate of drug-likeness (QED) is 0.524. The Hall–Kier alpha value is -2.09. The number of aromatic nitrogens is 2. The monoisotopic (exact) mass is 256 g/mol. The average molecular weight is 256 g/mol. The van der Waals surface area contributed by atoms with E-state index in [4.69, 9.17) is 10.2 Å². The number of carbonyl (C=O) groups is 2. The summed E-state index contributed by atoms with van der Waals surface area (Å²) in [6, 6.07) is -1.69. The molecule has 4 N–H and O–H groups in total. The molecule has 0 aromatic carbocycles. The van der Waals surface area contributed by atoms with Crippen LogP contribution >= 0.6 is 0 Å². The summed E-state index contributed by atoms with van der Waals surface area (Å²) in [5.74, 6) is -1.18. The number of carbonyl (C=O) groups excluding carboxylic acids is 1. The van der Waals surface area contributed by atoms with Gasteiger partial charge in [0.15, 0.2) is 0 Å². The smallest absolute Gasteiger partial charge is 0.326 e. The van der Waals surface area contributed by atoms with Gasteiger partial charge in [-0.2, -0.15) is 5.10 Å². The largest absolute Gasteiger partial charge is 0.480 e. The number of carboxylic acid groups (broad SMARTS) is 1. The number of aryl methyl sites for hydroxylation is 1. The molecule has 18 heavy (non-hydrogen) atoms. The van der Waals surface area contributed by atoms with Crippen LogP contribution in [0.15, 0.2) is 12.4 Å². The topological polar surface area (TPSA) is 116 Å². The van der Waals surface area contributed by atoms with E-state index in [0.29, 0.717) is 0 Å². The van der Waals surface area contributed by atoms with Gasteiger partial charge in [0.25, 0.3) is 0 Å². The van der Waals surface area contributed by atoms with E-state index in [1.165, 1.54) is 0 Å². The predicted octanol–water partition coefficient (Wildman–Crippen LogP) is -0.945. The van der Waals surface area contributed by atoms with E-state index in [2.05, 4.69) is 15.7 Å². The Bertz CT molecular complexity index is 418. The number of aliphatic hydroxyl groups excluding tert-OH is 1. The summed E-state index contributed by atoms with van der Waals surface area (Å²) in [5, 5.41) is 26.1. The van der Waals surface area contributed by atoms with Crippen molar-refractivity contribution in [3.63, 3.8) is 0 Å². The highest BCUT2D eigenvalue weighted by Gasteiger charge is 2.18. The molecule has 0 saturated heterocycles. The first kappa shape index (κ1) is 14.0. The Morgan fingerprint density at radius 2 is 2.28 bits per heavy atom. The molecule has 0 bridgehead atoms. The molecule has 1 rings (SSSR count). The van der Waals surface area contributed by atoms with Gasteiger partial charge in [0, 0.05) is 38.4 Å². The number of aliphatic hydroxyl groups is 1. The summed E-state index contributed by atoms with van der Waals surface area (Å²) in [6.07, 6.45) is 3.31. The maximum Gasteiger partial charge on any atom is 0.326 e. The third kappa shape index (κ3) is 4.42. The maximum atomic E-state index is 11.4. The van der Waals surface area contributed by atoms with Crippen molar-refractivity contribution < 1.29 is 19.8 Å². The van der Waals surface area contributed by atoms with Gasteiger partial charge in [0.05, 0.1) is 6.20 Å². The first-order chi connectivity index (χ1) is 8.52. The van der Waals surface area contributed by atoms with Crippen molar-refractivity contribution in [3.05, 3.63) is 18.0 Å². The van der Waals surface area contributed by atoms with E-state index >= 15 is 0 Å². The second kappa shape index (κ2) is 6.60. The highest BCUT2D eigenvalue weighted by Crippen LogP contribution is 1.95. The minimum atomic E-state index is -1.18. The Kier molecular flexibility index (Phi) is 5.12. The summed E-state index contributed by atoms with van der Waals surface area (Å²) >= 11 is 0. The Balaban J connectivity index is 2.38. The van der Waals surface area contributed by atoms with Crippen LogP contribution in [0.1, 0.15) is 12.0 Å². The number of urea groups is 1. The van der Waals surface area contributed by atoms with Gasteiger partial charge in [-0.05, 0) is 0 Å². The van der Waals surface area contributed by atoms with Gasteiger partial charge >= 0.3 is 12.0 Å². The van der Waals surface area contributed by atoms with E-state index < -0.39 is 18.0 Å². The van der Waals surface area contributed by atoms with Crippen LogP contribution in [0, 0.1) is 0 Å². The van der Waals surface area contributed by atoms with Crippen molar-refractivity contribution in [2.24, 2.45) is 7.05 Å². The normalized spacial score (nSPS) is 11.9. The van der Waals surface area contributed by atoms with Crippen LogP contribution in [-0.4, -0.2) is 44.6 Å². The fourth-order valence-electron chi connectivity index (χ4n) is 1.34. The highest BCUT2D eigenvalue weighted by atomic mass is 16.4. The van der Waals surface area contributed by atoms with Crippen molar-refractivity contribution in [3.8, 4) is 0 Å². The Labute approximate surface area is 104 Å². The fourth-order valence-corrected chi connectivity index (χ4v) is 1.34. The maximum absolute atomic E-state index is 11.4. The summed E-state index contributed by atoms with van der Waals surface area (Å²) in [4.78, 5) is 22.2. The number of nitrogens with zero attached hydrogens (tertiary/aromatic N) is 2. The summed E-state index contributed by atoms with van der Waals surface area (Å²) in [5.41, 5.74) is 0.807. The second-order valence-corrected chi connectivity index (χ2v) is 3.75. The molecule has 0 spiro atoms. The van der Waals surface area contributed by atoms with E-state index in [0.717, 1.165) is 5.56 Å². The SMILES string of the molecule is Cn1cc(CNC(=O)N[C@H](CCO)C(=O)O)cn1. The number of carboxylic acids is 1. The molecule has 1 aromatic heterocycles. The molecule has 0 aliphatic heterocycles. The number of rotatable bonds is 6. The second-order valence-electron chi connectivity index (χ2n) is 3.75. The predicted molar refractivity (Wildman–Crippen MR) is 61.7 cm³/mol. The first-order valence-electron chi connectivity index (χ1n) is 5.38. The van der Waals surface area contributed by atoms with Gasteiger partial charge in [0.2, 0.25) is 0 Å². The lowest BCUT2D eigenvalue weighted by Gasteiger charge is -2.13. The van der Waals surface area contributed by atoms with E-state index in [1.807, 2.05) is 0 Å². The van der Waals surface area contributed by atoms with Gasteiger partial charge < -0.3 is 20.8 Å². The van der Waals surface area contributed by atoms with Crippen LogP contribution in [-0.2, 0) is 18.4 Å². The fraction of sp³-hybridized carbons (Fsp3) is 0.500. The standard InChI is InChI=1S/C10H16N4O4/c1-14-6-7(5-12-14)4-11-10(18)13-8(2-3-15)9(16)17/h5-6,8,15H,2-4H2,1H3,(H,16,17)(H2,11,13,18)/t8-/m1/s1. The van der Waals surface area contributed by atoms with Crippen LogP contribution in [0.25, 0.3) is 0 Å². The number of hydrogen-bond acceptors (Lipinski definition) is 4. The molecule has 0 aliphatic carbocycles. The molecular formula is C10H16N4O4. The minimum absolute atomic E-state index is 0.0321. The number of nitrogens with one attached hydrogen (secondary N) is 2. The number of aliphatic carboxylic acids is 1. The number of hydrogen-bond donors (Lipinski definition) is 4. The van der Waals surface area contributed by atoms with Gasteiger partial charge in [-0.15, -0.1) is 0 Å². The van der Waals surface area contributed by atoms with Crippen molar-refractivity contribution in [2.45, 2.75) is 19.0 Å². The van der Waals surface area contributed by atoms with Crippen LogP contribution in [0.4, 0.5) is 4.79 Å². The van der Waals surface area contributed by atoms with Crippen molar-refractivity contribution in [1.82, 2.24) is 20.4 Å². The lowest BCUT2D eigenvalue weighted by Crippen LogP contribution is -2.46. The molecule has 1 heterocycles. The molecule has 1 atom stereocenters. The van der Waals surface area contributed by atoms with Crippen molar-refractivity contribution >= 4 is 12.0 Å². The summed E-state index contributed by atoms with van der Waals surface area (Å²) in [6.45, 7) is -0.0506. The van der Waals surface area contributed by atoms with Crippen molar-refractivity contribution in [1.29, 1.82) is 0 Å². The zero-order valence-electron chi connectivity index (χ0n) is 9.96. The molecule has 0 fully saturated rings. The molecule has 0 aliphatic rings. The van der Waals surface area contributed by atoms with Gasteiger partial charge in [-0.3, -0.25) is 4.68 Å².